The number of aromatic nitrogens is 3. The zero-order valence-corrected chi connectivity index (χ0v) is 16.1. The van der Waals surface area contributed by atoms with E-state index >= 15 is 0 Å². The number of hydrogen-bond acceptors (Lipinski definition) is 5. The van der Waals surface area contributed by atoms with Gasteiger partial charge in [0, 0.05) is 6.54 Å². The summed E-state index contributed by atoms with van der Waals surface area (Å²) in [7, 11) is 0. The third-order valence-electron chi connectivity index (χ3n) is 4.17. The van der Waals surface area contributed by atoms with Gasteiger partial charge in [0.1, 0.15) is 16.1 Å². The smallest absolute Gasteiger partial charge is 0.274 e. The van der Waals surface area contributed by atoms with Gasteiger partial charge >= 0.3 is 0 Å². The summed E-state index contributed by atoms with van der Waals surface area (Å²) >= 11 is 12.2. The van der Waals surface area contributed by atoms with E-state index in [1.54, 1.807) is 12.3 Å². The van der Waals surface area contributed by atoms with E-state index in [9.17, 15) is 4.79 Å². The zero-order chi connectivity index (χ0) is 18.1. The highest BCUT2D eigenvalue weighted by Gasteiger charge is 2.13. The quantitative estimate of drug-likeness (QED) is 0.499. The van der Waals surface area contributed by atoms with Crippen LogP contribution in [0.2, 0.25) is 0 Å². The fourth-order valence-electron chi connectivity index (χ4n) is 2.85. The lowest BCUT2D eigenvalue weighted by atomic mass is 10.1. The van der Waals surface area contributed by atoms with Crippen molar-refractivity contribution >= 4 is 46.1 Å². The van der Waals surface area contributed by atoms with Gasteiger partial charge in [-0.05, 0) is 48.6 Å². The van der Waals surface area contributed by atoms with Gasteiger partial charge in [0.2, 0.25) is 0 Å². The van der Waals surface area contributed by atoms with E-state index < -0.39 is 0 Å². The molecule has 0 amide bonds. The standard InChI is InChI=1S/C18H15N3O2S3/c22-16-14-15(19-17(24)21(16)11-13-7-4-10-23-13)20(18(25)26-14)9-8-12-5-2-1-3-6-12/h1-7,10H,8-9,11H2,(H,19,24). The molecule has 132 valence electrons. The first kappa shape index (κ1) is 17.1. The largest absolute Gasteiger partial charge is 0.467 e. The molecule has 0 atom stereocenters. The molecule has 26 heavy (non-hydrogen) atoms. The molecule has 1 aromatic carbocycles. The van der Waals surface area contributed by atoms with Crippen molar-refractivity contribution in [2.24, 2.45) is 0 Å². The molecule has 0 spiro atoms. The summed E-state index contributed by atoms with van der Waals surface area (Å²) in [6.45, 7) is 0.988. The maximum Gasteiger partial charge on any atom is 0.274 e. The number of thiazole rings is 1. The predicted octanol–water partition coefficient (Wildman–Crippen LogP) is 4.54. The van der Waals surface area contributed by atoms with Crippen molar-refractivity contribution in [1.29, 1.82) is 0 Å². The molecule has 0 aliphatic rings. The van der Waals surface area contributed by atoms with Gasteiger partial charge in [-0.15, -0.1) is 0 Å². The van der Waals surface area contributed by atoms with Gasteiger partial charge in [-0.1, -0.05) is 41.7 Å². The Morgan fingerprint density at radius 3 is 2.62 bits per heavy atom. The van der Waals surface area contributed by atoms with Gasteiger partial charge in [-0.2, -0.15) is 0 Å². The van der Waals surface area contributed by atoms with E-state index in [1.807, 2.05) is 28.8 Å². The molecule has 0 aliphatic heterocycles. The van der Waals surface area contributed by atoms with Gasteiger partial charge < -0.3 is 14.0 Å². The van der Waals surface area contributed by atoms with Crippen LogP contribution in [0.1, 0.15) is 11.3 Å². The molecule has 3 aromatic heterocycles. The molecule has 0 bridgehead atoms. The Bertz CT molecular complexity index is 1210. The van der Waals surface area contributed by atoms with Gasteiger partial charge in [0.25, 0.3) is 5.56 Å². The van der Waals surface area contributed by atoms with E-state index in [0.29, 0.717) is 37.9 Å². The number of fused-ring (bicyclic) bond motifs is 1. The van der Waals surface area contributed by atoms with Crippen molar-refractivity contribution in [2.75, 3.05) is 0 Å². The van der Waals surface area contributed by atoms with Crippen molar-refractivity contribution in [3.05, 3.63) is 79.1 Å². The minimum Gasteiger partial charge on any atom is -0.467 e. The molecule has 3 heterocycles. The molecule has 0 fully saturated rings. The highest BCUT2D eigenvalue weighted by molar-refractivity contribution is 7.73. The van der Waals surface area contributed by atoms with Crippen LogP contribution in [0.15, 0.2) is 57.9 Å². The fraction of sp³-hybridized carbons (Fsp3) is 0.167. The monoisotopic (exact) mass is 401 g/mol. The highest BCUT2D eigenvalue weighted by atomic mass is 32.1. The molecule has 0 radical (unpaired) electrons. The van der Waals surface area contributed by atoms with Gasteiger partial charge in [0.05, 0.1) is 12.8 Å². The van der Waals surface area contributed by atoms with E-state index in [4.69, 9.17) is 28.9 Å². The van der Waals surface area contributed by atoms with E-state index in [2.05, 4.69) is 17.1 Å². The Morgan fingerprint density at radius 1 is 1.08 bits per heavy atom. The molecule has 0 saturated heterocycles. The fourth-order valence-corrected chi connectivity index (χ4v) is 4.45. The van der Waals surface area contributed by atoms with Crippen molar-refractivity contribution in [1.82, 2.24) is 14.1 Å². The van der Waals surface area contributed by atoms with Crippen LogP contribution in [0.5, 0.6) is 0 Å². The summed E-state index contributed by atoms with van der Waals surface area (Å²) in [5, 5.41) is 0. The number of aromatic amines is 1. The van der Waals surface area contributed by atoms with Gasteiger partial charge in [-0.3, -0.25) is 9.36 Å². The third kappa shape index (κ3) is 3.23. The van der Waals surface area contributed by atoms with E-state index in [0.717, 1.165) is 6.42 Å². The Hall–Kier alpha value is -2.29. The first-order valence-corrected chi connectivity index (χ1v) is 9.69. The number of H-pyrrole nitrogens is 1. The number of hydrogen-bond donors (Lipinski definition) is 1. The maximum atomic E-state index is 12.9. The minimum absolute atomic E-state index is 0.144. The lowest BCUT2D eigenvalue weighted by molar-refractivity contribution is 0.487. The van der Waals surface area contributed by atoms with Crippen LogP contribution in [0.4, 0.5) is 0 Å². The lowest BCUT2D eigenvalue weighted by Gasteiger charge is -2.07. The average molecular weight is 402 g/mol. The van der Waals surface area contributed by atoms with Crippen LogP contribution >= 0.6 is 35.8 Å². The van der Waals surface area contributed by atoms with Gasteiger partial charge in [0.15, 0.2) is 8.73 Å². The zero-order valence-electron chi connectivity index (χ0n) is 13.7. The van der Waals surface area contributed by atoms with E-state index in [-0.39, 0.29) is 5.56 Å². The molecule has 0 aliphatic carbocycles. The number of nitrogens with one attached hydrogen (secondary N) is 1. The normalized spacial score (nSPS) is 11.2. The van der Waals surface area contributed by atoms with Crippen LogP contribution in [0.3, 0.4) is 0 Å². The summed E-state index contributed by atoms with van der Waals surface area (Å²) in [6.07, 6.45) is 2.41. The molecule has 5 nitrogen and oxygen atoms in total. The first-order valence-electron chi connectivity index (χ1n) is 8.06. The van der Waals surface area contributed by atoms with E-state index in [1.165, 1.54) is 21.5 Å². The van der Waals surface area contributed by atoms with Crippen LogP contribution in [0, 0.1) is 8.73 Å². The van der Waals surface area contributed by atoms with Crippen LogP contribution < -0.4 is 5.56 Å². The Morgan fingerprint density at radius 2 is 1.88 bits per heavy atom. The van der Waals surface area contributed by atoms with Crippen molar-refractivity contribution in [2.45, 2.75) is 19.5 Å². The van der Waals surface area contributed by atoms with Crippen molar-refractivity contribution in [3.8, 4) is 0 Å². The minimum atomic E-state index is -0.144. The predicted molar refractivity (Wildman–Crippen MR) is 108 cm³/mol. The Kier molecular flexibility index (Phi) is 4.71. The van der Waals surface area contributed by atoms with Crippen LogP contribution in [-0.2, 0) is 19.5 Å². The number of rotatable bonds is 5. The topological polar surface area (TPSA) is 55.9 Å². The second-order valence-electron chi connectivity index (χ2n) is 5.83. The first-order chi connectivity index (χ1) is 12.6. The molecule has 0 unspecified atom stereocenters. The van der Waals surface area contributed by atoms with Gasteiger partial charge in [-0.25, -0.2) is 0 Å². The summed E-state index contributed by atoms with van der Waals surface area (Å²) in [5.74, 6) is 0.679. The molecular weight excluding hydrogens is 386 g/mol. The summed E-state index contributed by atoms with van der Waals surface area (Å²) in [6, 6.07) is 13.8. The SMILES string of the molecule is O=c1c2sc(=S)n(CCc3ccccc3)c2[nH]c(=S)n1Cc1ccco1. The van der Waals surface area contributed by atoms with Crippen molar-refractivity contribution < 1.29 is 4.42 Å². The molecule has 4 aromatic rings. The highest BCUT2D eigenvalue weighted by Crippen LogP contribution is 2.19. The maximum absolute atomic E-state index is 12.9. The summed E-state index contributed by atoms with van der Waals surface area (Å²) < 4.78 is 10.4. The number of nitrogens with zero attached hydrogens (tertiary/aromatic N) is 2. The van der Waals surface area contributed by atoms with Crippen LogP contribution in [0.25, 0.3) is 10.3 Å². The molecular formula is C18H15N3O2S3. The Balaban J connectivity index is 1.74. The molecule has 8 heteroatoms. The molecule has 4 rings (SSSR count). The van der Waals surface area contributed by atoms with Crippen LogP contribution in [-0.4, -0.2) is 14.1 Å². The molecule has 1 N–H and O–H groups in total. The molecule has 0 saturated carbocycles. The third-order valence-corrected chi connectivity index (χ3v) is 5.93. The number of benzene rings is 1. The lowest BCUT2D eigenvalue weighted by Crippen LogP contribution is -2.22. The second kappa shape index (κ2) is 7.14. The second-order valence-corrected chi connectivity index (χ2v) is 7.86. The average Bonchev–Trinajstić information content (AvgIpc) is 3.26. The summed E-state index contributed by atoms with van der Waals surface area (Å²) in [5.41, 5.74) is 1.77. The number of furan rings is 1. The summed E-state index contributed by atoms with van der Waals surface area (Å²) in [4.78, 5) is 16.1. The van der Waals surface area contributed by atoms with Crippen molar-refractivity contribution in [3.63, 3.8) is 0 Å². The Labute approximate surface area is 163 Å². The number of aryl methyl sites for hydroxylation is 2.